The van der Waals surface area contributed by atoms with Gasteiger partial charge < -0.3 is 10.4 Å². The molecule has 0 aliphatic rings. The van der Waals surface area contributed by atoms with Crippen molar-refractivity contribution in [2.75, 3.05) is 11.9 Å². The Kier molecular flexibility index (Phi) is 5.46. The van der Waals surface area contributed by atoms with Crippen molar-refractivity contribution in [1.82, 2.24) is 4.72 Å². The zero-order valence-electron chi connectivity index (χ0n) is 10.9. The average Bonchev–Trinajstić information content (AvgIpc) is 2.36. The Balaban J connectivity index is 2.87. The van der Waals surface area contributed by atoms with E-state index in [1.807, 2.05) is 0 Å². The van der Waals surface area contributed by atoms with Gasteiger partial charge >= 0.3 is 0 Å². The van der Waals surface area contributed by atoms with E-state index in [1.54, 1.807) is 6.92 Å². The summed E-state index contributed by atoms with van der Waals surface area (Å²) in [5.74, 6) is -0.222. The van der Waals surface area contributed by atoms with E-state index in [9.17, 15) is 13.2 Å². The van der Waals surface area contributed by atoms with Gasteiger partial charge in [0.1, 0.15) is 0 Å². The number of carbonyl (C=O) groups excluding carboxylic acids is 1. The molecule has 1 rings (SSSR count). The summed E-state index contributed by atoms with van der Waals surface area (Å²) in [5, 5.41) is 11.6. The molecule has 1 amide bonds. The summed E-state index contributed by atoms with van der Waals surface area (Å²) in [6, 6.07) is 5.32. The molecule has 1 atom stereocenters. The van der Waals surface area contributed by atoms with Crippen molar-refractivity contribution < 1.29 is 18.3 Å². The average molecular weight is 286 g/mol. The Labute approximate surface area is 112 Å². The molecule has 0 saturated heterocycles. The highest BCUT2D eigenvalue weighted by atomic mass is 32.2. The van der Waals surface area contributed by atoms with Gasteiger partial charge in [0.25, 0.3) is 0 Å². The van der Waals surface area contributed by atoms with E-state index in [1.165, 1.54) is 31.2 Å². The topological polar surface area (TPSA) is 95.5 Å². The first-order chi connectivity index (χ1) is 8.89. The fourth-order valence-electron chi connectivity index (χ4n) is 1.46. The minimum atomic E-state index is -3.65. The third kappa shape index (κ3) is 4.62. The Bertz CT molecular complexity index is 521. The lowest BCUT2D eigenvalue weighted by atomic mass is 10.3. The maximum atomic E-state index is 12.0. The molecule has 0 bridgehead atoms. The van der Waals surface area contributed by atoms with Crippen molar-refractivity contribution in [3.8, 4) is 0 Å². The summed E-state index contributed by atoms with van der Waals surface area (Å²) in [6.45, 7) is 2.91. The Hall–Kier alpha value is -1.44. The minimum absolute atomic E-state index is 0.0912. The SMILES string of the molecule is CC[C@@H](CO)NS(=O)(=O)c1ccc(NC(C)=O)cc1. The Morgan fingerprint density at radius 3 is 2.32 bits per heavy atom. The van der Waals surface area contributed by atoms with Gasteiger partial charge in [-0.05, 0) is 30.7 Å². The second-order valence-electron chi connectivity index (χ2n) is 4.11. The molecular weight excluding hydrogens is 268 g/mol. The number of nitrogens with one attached hydrogen (secondary N) is 2. The van der Waals surface area contributed by atoms with Crippen molar-refractivity contribution in [3.05, 3.63) is 24.3 Å². The molecule has 0 aliphatic carbocycles. The lowest BCUT2D eigenvalue weighted by Gasteiger charge is -2.14. The zero-order chi connectivity index (χ0) is 14.5. The summed E-state index contributed by atoms with van der Waals surface area (Å²) in [5.41, 5.74) is 0.528. The normalized spacial score (nSPS) is 13.0. The van der Waals surface area contributed by atoms with Crippen LogP contribution in [0.2, 0.25) is 0 Å². The van der Waals surface area contributed by atoms with Crippen molar-refractivity contribution in [2.24, 2.45) is 0 Å². The van der Waals surface area contributed by atoms with Crippen LogP contribution in [0.3, 0.4) is 0 Å². The highest BCUT2D eigenvalue weighted by molar-refractivity contribution is 7.89. The fraction of sp³-hybridized carbons (Fsp3) is 0.417. The molecule has 0 fully saturated rings. The monoisotopic (exact) mass is 286 g/mol. The van der Waals surface area contributed by atoms with Gasteiger partial charge in [0.2, 0.25) is 15.9 Å². The molecular formula is C12H18N2O4S. The number of rotatable bonds is 6. The molecule has 0 radical (unpaired) electrons. The number of anilines is 1. The summed E-state index contributed by atoms with van der Waals surface area (Å²) in [7, 11) is -3.65. The standard InChI is InChI=1S/C12H18N2O4S/c1-3-10(8-15)14-19(17,18)12-6-4-11(5-7-12)13-9(2)16/h4-7,10,14-15H,3,8H2,1-2H3,(H,13,16)/t10-/m0/s1. The van der Waals surface area contributed by atoms with Gasteiger partial charge in [0.05, 0.1) is 11.5 Å². The van der Waals surface area contributed by atoms with Gasteiger partial charge in [0, 0.05) is 18.7 Å². The lowest BCUT2D eigenvalue weighted by Crippen LogP contribution is -2.36. The fourth-order valence-corrected chi connectivity index (χ4v) is 2.77. The number of aliphatic hydroxyl groups is 1. The second kappa shape index (κ2) is 6.65. The molecule has 0 unspecified atom stereocenters. The predicted octanol–water partition coefficient (Wildman–Crippen LogP) is 0.694. The zero-order valence-corrected chi connectivity index (χ0v) is 11.7. The molecule has 7 heteroatoms. The van der Waals surface area contributed by atoms with Crippen LogP contribution in [0.15, 0.2) is 29.2 Å². The number of hydrogen-bond donors (Lipinski definition) is 3. The van der Waals surface area contributed by atoms with Gasteiger partial charge in [-0.15, -0.1) is 0 Å². The van der Waals surface area contributed by atoms with Crippen LogP contribution in [0.5, 0.6) is 0 Å². The van der Waals surface area contributed by atoms with Crippen LogP contribution in [0, 0.1) is 0 Å². The number of benzene rings is 1. The molecule has 1 aromatic carbocycles. The van der Waals surface area contributed by atoms with Crippen molar-refractivity contribution in [1.29, 1.82) is 0 Å². The van der Waals surface area contributed by atoms with E-state index < -0.39 is 16.1 Å². The van der Waals surface area contributed by atoms with Crippen LogP contribution in [-0.4, -0.2) is 32.1 Å². The van der Waals surface area contributed by atoms with E-state index in [4.69, 9.17) is 5.11 Å². The molecule has 1 aromatic rings. The third-order valence-electron chi connectivity index (χ3n) is 2.52. The molecule has 0 aromatic heterocycles. The Morgan fingerprint density at radius 2 is 1.89 bits per heavy atom. The van der Waals surface area contributed by atoms with E-state index in [0.717, 1.165) is 0 Å². The first kappa shape index (κ1) is 15.6. The molecule has 0 heterocycles. The van der Waals surface area contributed by atoms with Crippen LogP contribution in [-0.2, 0) is 14.8 Å². The number of aliphatic hydroxyl groups excluding tert-OH is 1. The molecule has 6 nitrogen and oxygen atoms in total. The van der Waals surface area contributed by atoms with Gasteiger partial charge in [-0.25, -0.2) is 13.1 Å². The second-order valence-corrected chi connectivity index (χ2v) is 5.83. The van der Waals surface area contributed by atoms with Crippen molar-refractivity contribution in [2.45, 2.75) is 31.2 Å². The molecule has 3 N–H and O–H groups in total. The molecule has 0 spiro atoms. The quantitative estimate of drug-likeness (QED) is 0.717. The first-order valence-corrected chi connectivity index (χ1v) is 7.38. The molecule has 106 valence electrons. The van der Waals surface area contributed by atoms with Gasteiger partial charge in [0.15, 0.2) is 0 Å². The van der Waals surface area contributed by atoms with Crippen LogP contribution in [0.4, 0.5) is 5.69 Å². The molecule has 19 heavy (non-hydrogen) atoms. The van der Waals surface area contributed by atoms with Gasteiger partial charge in [-0.3, -0.25) is 4.79 Å². The van der Waals surface area contributed by atoms with Crippen molar-refractivity contribution in [3.63, 3.8) is 0 Å². The van der Waals surface area contributed by atoms with Gasteiger partial charge in [-0.2, -0.15) is 0 Å². The van der Waals surface area contributed by atoms with Crippen LogP contribution < -0.4 is 10.0 Å². The Morgan fingerprint density at radius 1 is 1.32 bits per heavy atom. The molecule has 0 saturated carbocycles. The summed E-state index contributed by atoms with van der Waals surface area (Å²) in [6.07, 6.45) is 0.500. The van der Waals surface area contributed by atoms with Crippen molar-refractivity contribution >= 4 is 21.6 Å². The van der Waals surface area contributed by atoms with Crippen LogP contribution >= 0.6 is 0 Å². The minimum Gasteiger partial charge on any atom is -0.395 e. The third-order valence-corrected chi connectivity index (χ3v) is 4.06. The summed E-state index contributed by atoms with van der Waals surface area (Å²) < 4.78 is 26.4. The number of hydrogen-bond acceptors (Lipinski definition) is 4. The lowest BCUT2D eigenvalue weighted by molar-refractivity contribution is -0.114. The number of carbonyl (C=O) groups is 1. The maximum Gasteiger partial charge on any atom is 0.240 e. The molecule has 0 aliphatic heterocycles. The van der Waals surface area contributed by atoms with E-state index in [2.05, 4.69) is 10.0 Å². The summed E-state index contributed by atoms with van der Waals surface area (Å²) in [4.78, 5) is 10.9. The number of amides is 1. The van der Waals surface area contributed by atoms with E-state index >= 15 is 0 Å². The summed E-state index contributed by atoms with van der Waals surface area (Å²) >= 11 is 0. The first-order valence-electron chi connectivity index (χ1n) is 5.90. The smallest absolute Gasteiger partial charge is 0.240 e. The van der Waals surface area contributed by atoms with Crippen LogP contribution in [0.25, 0.3) is 0 Å². The maximum absolute atomic E-state index is 12.0. The predicted molar refractivity (Wildman–Crippen MR) is 72.2 cm³/mol. The van der Waals surface area contributed by atoms with E-state index in [-0.39, 0.29) is 17.4 Å². The highest BCUT2D eigenvalue weighted by Gasteiger charge is 2.18. The van der Waals surface area contributed by atoms with Gasteiger partial charge in [-0.1, -0.05) is 6.92 Å². The number of sulfonamides is 1. The largest absolute Gasteiger partial charge is 0.395 e. The van der Waals surface area contributed by atoms with E-state index in [0.29, 0.717) is 12.1 Å². The van der Waals surface area contributed by atoms with Crippen LogP contribution in [0.1, 0.15) is 20.3 Å². The highest BCUT2D eigenvalue weighted by Crippen LogP contribution is 2.14.